The number of rotatable bonds is 0. The fourth-order valence-corrected chi connectivity index (χ4v) is 1.54. The quantitative estimate of drug-likeness (QED) is 0.502. The van der Waals surface area contributed by atoms with Crippen LogP contribution in [0.15, 0.2) is 53.2 Å². The molecule has 1 radical (unpaired) electrons. The Kier molecular flexibility index (Phi) is 11.4. The first kappa shape index (κ1) is 18.8. The Hall–Kier alpha value is -0.235. The Bertz CT molecular complexity index is 354. The van der Waals surface area contributed by atoms with E-state index in [2.05, 4.69) is 75.5 Å². The molecule has 3 aliphatic carbocycles. The Morgan fingerprint density at radius 2 is 0.895 bits per heavy atom. The van der Waals surface area contributed by atoms with Crippen LogP contribution < -0.4 is 0 Å². The van der Waals surface area contributed by atoms with Crippen molar-refractivity contribution in [1.29, 1.82) is 0 Å². The van der Waals surface area contributed by atoms with Gasteiger partial charge in [0.15, 0.2) is 0 Å². The molecule has 0 unspecified atom stereocenters. The molecule has 0 saturated carbocycles. The summed E-state index contributed by atoms with van der Waals surface area (Å²) >= 11 is 0. The van der Waals surface area contributed by atoms with E-state index in [1.165, 1.54) is 16.7 Å². The zero-order valence-electron chi connectivity index (χ0n) is 11.9. The van der Waals surface area contributed by atoms with Crippen molar-refractivity contribution in [2.75, 3.05) is 0 Å². The summed E-state index contributed by atoms with van der Waals surface area (Å²) in [5.41, 5.74) is 3.82. The van der Waals surface area contributed by atoms with Gasteiger partial charge in [0.2, 0.25) is 0 Å². The van der Waals surface area contributed by atoms with E-state index in [1.54, 1.807) is 0 Å². The number of hydrogen-bond donors (Lipinski definition) is 0. The Morgan fingerprint density at radius 1 is 0.632 bits per heavy atom. The van der Waals surface area contributed by atoms with Gasteiger partial charge in [0, 0.05) is 0 Å². The minimum absolute atomic E-state index is 0. The van der Waals surface area contributed by atoms with E-state index < -0.39 is 0 Å². The third-order valence-electron chi connectivity index (χ3n) is 2.60. The van der Waals surface area contributed by atoms with Crippen LogP contribution >= 0.6 is 0 Å². The number of allylic oxidation sites excluding steroid dienone is 12. The van der Waals surface area contributed by atoms with Gasteiger partial charge >= 0.3 is 39.9 Å². The summed E-state index contributed by atoms with van der Waals surface area (Å²) in [6.45, 7) is 6.18. The summed E-state index contributed by atoms with van der Waals surface area (Å²) in [7, 11) is 0. The molecule has 3 rings (SSSR count). The van der Waals surface area contributed by atoms with Gasteiger partial charge in [-0.3, -0.25) is 18.2 Å². The zero-order valence-corrected chi connectivity index (χ0v) is 14.2. The summed E-state index contributed by atoms with van der Waals surface area (Å²) in [4.78, 5) is 0. The van der Waals surface area contributed by atoms with Crippen molar-refractivity contribution < 1.29 is 39.9 Å². The average Bonchev–Trinajstić information content (AvgIpc) is 3.05. The van der Waals surface area contributed by atoms with Gasteiger partial charge < -0.3 is 0 Å². The predicted molar refractivity (Wildman–Crippen MR) is 78.6 cm³/mol. The van der Waals surface area contributed by atoms with Crippen LogP contribution in [-0.4, -0.2) is 0 Å². The molecule has 0 aromatic carbocycles. The number of hydrogen-bond acceptors (Lipinski definition) is 0. The van der Waals surface area contributed by atoms with Crippen LogP contribution in [0.25, 0.3) is 0 Å². The van der Waals surface area contributed by atoms with E-state index in [1.807, 2.05) is 0 Å². The maximum atomic E-state index is 3.12. The van der Waals surface area contributed by atoms with Crippen LogP contribution in [0, 0.1) is 58.2 Å². The van der Waals surface area contributed by atoms with Crippen molar-refractivity contribution in [1.82, 2.24) is 0 Å². The van der Waals surface area contributed by atoms with Gasteiger partial charge in [-0.05, 0) is 0 Å². The molecule has 101 valence electrons. The average molecular weight is 395 g/mol. The molecular formula is C18H21Gd. The van der Waals surface area contributed by atoms with E-state index >= 15 is 0 Å². The first-order valence-corrected chi connectivity index (χ1v) is 6.40. The van der Waals surface area contributed by atoms with Crippen LogP contribution in [-0.2, 0) is 0 Å². The van der Waals surface area contributed by atoms with Crippen molar-refractivity contribution in [3.05, 3.63) is 71.4 Å². The second-order valence-corrected chi connectivity index (χ2v) is 4.40. The molecule has 19 heavy (non-hydrogen) atoms. The van der Waals surface area contributed by atoms with Gasteiger partial charge in [-0.25, -0.2) is 34.9 Å². The zero-order chi connectivity index (χ0) is 13.2. The summed E-state index contributed by atoms with van der Waals surface area (Å²) < 4.78 is 0. The molecule has 0 bridgehead atoms. The minimum atomic E-state index is 0. The summed E-state index contributed by atoms with van der Waals surface area (Å²) in [6, 6.07) is 0. The Balaban J connectivity index is 0.000000249. The normalized spacial score (nSPS) is 17.5. The third kappa shape index (κ3) is 10.2. The van der Waals surface area contributed by atoms with Crippen molar-refractivity contribution in [3.8, 4) is 0 Å². The fourth-order valence-electron chi connectivity index (χ4n) is 1.54. The fraction of sp³-hybridized carbons (Fsp3) is 0.333. The second kappa shape index (κ2) is 11.6. The van der Waals surface area contributed by atoms with Gasteiger partial charge in [-0.1, -0.05) is 20.8 Å². The smallest absolute Gasteiger partial charge is 0.270 e. The largest absolute Gasteiger partial charge is 3.00 e. The first-order valence-electron chi connectivity index (χ1n) is 6.40. The molecule has 0 saturated heterocycles. The molecule has 0 atom stereocenters. The maximum Gasteiger partial charge on any atom is 3.00 e. The Morgan fingerprint density at radius 3 is 0.947 bits per heavy atom. The van der Waals surface area contributed by atoms with E-state index in [-0.39, 0.29) is 39.9 Å². The molecular weight excluding hydrogens is 373 g/mol. The molecule has 0 spiro atoms. The monoisotopic (exact) mass is 395 g/mol. The SMILES string of the molecule is CC1=[C-]CC=C1.CC1=[C-]CC=C1.CC1=[C-]CC=C1.[Gd+3]. The van der Waals surface area contributed by atoms with Crippen LogP contribution in [0.3, 0.4) is 0 Å². The molecule has 1 heteroatoms. The second-order valence-electron chi connectivity index (χ2n) is 4.40. The van der Waals surface area contributed by atoms with Crippen LogP contribution in [0.2, 0.25) is 0 Å². The molecule has 0 amide bonds. The van der Waals surface area contributed by atoms with E-state index in [0.29, 0.717) is 0 Å². The Labute approximate surface area is 150 Å². The van der Waals surface area contributed by atoms with Crippen molar-refractivity contribution >= 4 is 0 Å². The van der Waals surface area contributed by atoms with Crippen LogP contribution in [0.5, 0.6) is 0 Å². The van der Waals surface area contributed by atoms with Crippen LogP contribution in [0.4, 0.5) is 0 Å². The summed E-state index contributed by atoms with van der Waals surface area (Å²) in [5, 5.41) is 0. The van der Waals surface area contributed by atoms with Gasteiger partial charge in [-0.15, -0.1) is 19.3 Å². The van der Waals surface area contributed by atoms with E-state index in [9.17, 15) is 0 Å². The van der Waals surface area contributed by atoms with Crippen molar-refractivity contribution in [2.24, 2.45) is 0 Å². The van der Waals surface area contributed by atoms with Crippen LogP contribution in [0.1, 0.15) is 40.0 Å². The molecule has 0 aromatic heterocycles. The molecule has 0 aromatic rings. The molecule has 0 aliphatic heterocycles. The molecule has 0 heterocycles. The van der Waals surface area contributed by atoms with Gasteiger partial charge in [-0.2, -0.15) is 18.2 Å². The standard InChI is InChI=1S/3C6H7.Gd/c3*1-6-4-2-3-5-6;/h3*2,4H,3H2,1H3;/q3*-1;+3. The van der Waals surface area contributed by atoms with Gasteiger partial charge in [0.25, 0.3) is 0 Å². The predicted octanol–water partition coefficient (Wildman–Crippen LogP) is 5.09. The topological polar surface area (TPSA) is 0 Å². The molecule has 0 nitrogen and oxygen atoms in total. The molecule has 0 N–H and O–H groups in total. The molecule has 3 aliphatic rings. The minimum Gasteiger partial charge on any atom is -0.270 e. The van der Waals surface area contributed by atoms with Gasteiger partial charge in [0.05, 0.1) is 0 Å². The summed E-state index contributed by atoms with van der Waals surface area (Å²) in [5.74, 6) is 0. The molecule has 0 fully saturated rings. The first-order chi connectivity index (χ1) is 8.68. The summed E-state index contributed by atoms with van der Waals surface area (Å²) in [6.07, 6.45) is 25.0. The van der Waals surface area contributed by atoms with E-state index in [0.717, 1.165) is 19.3 Å². The van der Waals surface area contributed by atoms with E-state index in [4.69, 9.17) is 0 Å². The van der Waals surface area contributed by atoms with Gasteiger partial charge in [0.1, 0.15) is 0 Å². The maximum absolute atomic E-state index is 3.12. The van der Waals surface area contributed by atoms with Crippen molar-refractivity contribution in [2.45, 2.75) is 40.0 Å². The third-order valence-corrected chi connectivity index (χ3v) is 2.60. The van der Waals surface area contributed by atoms with Crippen molar-refractivity contribution in [3.63, 3.8) is 0 Å².